The summed E-state index contributed by atoms with van der Waals surface area (Å²) in [6.45, 7) is 4.25. The molecule has 0 saturated carbocycles. The minimum atomic E-state index is -4.05. The molecule has 0 spiro atoms. The van der Waals surface area contributed by atoms with E-state index in [1.54, 1.807) is 0 Å². The van der Waals surface area contributed by atoms with Gasteiger partial charge in [0.2, 0.25) is 0 Å². The van der Waals surface area contributed by atoms with E-state index in [0.717, 1.165) is 25.7 Å². The van der Waals surface area contributed by atoms with Gasteiger partial charge in [-0.25, -0.2) is 0 Å². The lowest BCUT2D eigenvalue weighted by Gasteiger charge is -2.13. The Hall–Kier alpha value is -0.250. The van der Waals surface area contributed by atoms with Gasteiger partial charge >= 0.3 is 6.18 Å². The number of halogens is 3. The van der Waals surface area contributed by atoms with E-state index in [-0.39, 0.29) is 19.1 Å². The van der Waals surface area contributed by atoms with Crippen LogP contribution in [0.1, 0.15) is 52.4 Å². The van der Waals surface area contributed by atoms with Crippen molar-refractivity contribution in [2.24, 2.45) is 0 Å². The van der Waals surface area contributed by atoms with Crippen molar-refractivity contribution in [3.63, 3.8) is 0 Å². The molecule has 0 radical (unpaired) electrons. The number of hydrogen-bond acceptors (Lipinski definition) is 1. The topological polar surface area (TPSA) is 9.23 Å². The van der Waals surface area contributed by atoms with Gasteiger partial charge in [-0.1, -0.05) is 26.2 Å². The molecule has 0 fully saturated rings. The van der Waals surface area contributed by atoms with Gasteiger partial charge in [-0.15, -0.1) is 0 Å². The van der Waals surface area contributed by atoms with Gasteiger partial charge in [0.05, 0.1) is 6.10 Å². The maximum absolute atomic E-state index is 11.8. The van der Waals surface area contributed by atoms with Gasteiger partial charge in [-0.3, -0.25) is 0 Å². The minimum Gasteiger partial charge on any atom is -0.379 e. The Morgan fingerprint density at radius 1 is 1.13 bits per heavy atom. The fourth-order valence-electron chi connectivity index (χ4n) is 1.32. The van der Waals surface area contributed by atoms with E-state index in [2.05, 4.69) is 6.92 Å². The zero-order chi connectivity index (χ0) is 11.7. The van der Waals surface area contributed by atoms with E-state index >= 15 is 0 Å². The molecule has 1 unspecified atom stereocenters. The lowest BCUT2D eigenvalue weighted by molar-refractivity contribution is -0.138. The Kier molecular flexibility index (Phi) is 7.83. The first-order valence-corrected chi connectivity index (χ1v) is 5.64. The predicted octanol–water partition coefficient (Wildman–Crippen LogP) is 4.31. The maximum atomic E-state index is 11.8. The summed E-state index contributed by atoms with van der Waals surface area (Å²) in [7, 11) is 0. The second-order valence-corrected chi connectivity index (χ2v) is 3.90. The van der Waals surface area contributed by atoms with Gasteiger partial charge in [0, 0.05) is 13.0 Å². The first kappa shape index (κ1) is 14.8. The van der Waals surface area contributed by atoms with Crippen molar-refractivity contribution in [2.45, 2.75) is 64.7 Å². The normalized spacial score (nSPS) is 14.2. The smallest absolute Gasteiger partial charge is 0.379 e. The number of hydrogen-bond donors (Lipinski definition) is 0. The van der Waals surface area contributed by atoms with Crippen molar-refractivity contribution in [1.29, 1.82) is 0 Å². The van der Waals surface area contributed by atoms with Crippen LogP contribution in [0.2, 0.25) is 0 Å². The molecule has 0 saturated heterocycles. The average molecular weight is 226 g/mol. The van der Waals surface area contributed by atoms with Crippen molar-refractivity contribution in [2.75, 3.05) is 6.61 Å². The van der Waals surface area contributed by atoms with Crippen LogP contribution in [0.15, 0.2) is 0 Å². The number of alkyl halides is 3. The highest BCUT2D eigenvalue weighted by atomic mass is 19.4. The van der Waals surface area contributed by atoms with E-state index in [1.807, 2.05) is 6.92 Å². The summed E-state index contributed by atoms with van der Waals surface area (Å²) in [5, 5.41) is 0. The first-order chi connectivity index (χ1) is 6.95. The van der Waals surface area contributed by atoms with Crippen LogP contribution in [0.4, 0.5) is 13.2 Å². The van der Waals surface area contributed by atoms with Crippen molar-refractivity contribution in [3.8, 4) is 0 Å². The van der Waals surface area contributed by atoms with Gasteiger partial charge < -0.3 is 4.74 Å². The van der Waals surface area contributed by atoms with Crippen LogP contribution in [-0.2, 0) is 4.74 Å². The Balaban J connectivity index is 3.27. The van der Waals surface area contributed by atoms with Gasteiger partial charge in [0.15, 0.2) is 0 Å². The lowest BCUT2D eigenvalue weighted by Crippen LogP contribution is -2.12. The average Bonchev–Trinajstić information content (AvgIpc) is 2.11. The molecule has 0 aliphatic carbocycles. The monoisotopic (exact) mass is 226 g/mol. The SMILES string of the molecule is CCCCCC(C)OCCCC(F)(F)F. The summed E-state index contributed by atoms with van der Waals surface area (Å²) in [5.74, 6) is 0. The Bertz CT molecular complexity index is 145. The molecular weight excluding hydrogens is 205 g/mol. The van der Waals surface area contributed by atoms with Crippen LogP contribution in [0.3, 0.4) is 0 Å². The van der Waals surface area contributed by atoms with Crippen LogP contribution < -0.4 is 0 Å². The maximum Gasteiger partial charge on any atom is 0.389 e. The molecule has 1 atom stereocenters. The minimum absolute atomic E-state index is 0.0710. The predicted molar refractivity (Wildman–Crippen MR) is 54.8 cm³/mol. The highest BCUT2D eigenvalue weighted by Gasteiger charge is 2.26. The summed E-state index contributed by atoms with van der Waals surface area (Å²) in [5.41, 5.74) is 0. The third-order valence-electron chi connectivity index (χ3n) is 2.22. The number of rotatable bonds is 8. The number of unbranched alkanes of at least 4 members (excludes halogenated alkanes) is 2. The molecule has 0 aromatic rings. The molecule has 0 rings (SSSR count). The molecule has 1 nitrogen and oxygen atoms in total. The molecule has 15 heavy (non-hydrogen) atoms. The molecule has 0 N–H and O–H groups in total. The van der Waals surface area contributed by atoms with Crippen molar-refractivity contribution >= 4 is 0 Å². The van der Waals surface area contributed by atoms with Crippen LogP contribution >= 0.6 is 0 Å². The standard InChI is InChI=1S/C11H21F3O/c1-3-4-5-7-10(2)15-9-6-8-11(12,13)14/h10H,3-9H2,1-2H3. The fourth-order valence-corrected chi connectivity index (χ4v) is 1.32. The van der Waals surface area contributed by atoms with E-state index < -0.39 is 12.6 Å². The van der Waals surface area contributed by atoms with Gasteiger partial charge in [-0.2, -0.15) is 13.2 Å². The van der Waals surface area contributed by atoms with Crippen molar-refractivity contribution in [1.82, 2.24) is 0 Å². The van der Waals surface area contributed by atoms with E-state index in [1.165, 1.54) is 0 Å². The molecular formula is C11H21F3O. The summed E-state index contributed by atoms with van der Waals surface area (Å²) >= 11 is 0. The largest absolute Gasteiger partial charge is 0.389 e. The zero-order valence-corrected chi connectivity index (χ0v) is 9.57. The van der Waals surface area contributed by atoms with Crippen LogP contribution in [0.5, 0.6) is 0 Å². The van der Waals surface area contributed by atoms with Crippen LogP contribution in [-0.4, -0.2) is 18.9 Å². The lowest BCUT2D eigenvalue weighted by atomic mass is 10.1. The van der Waals surface area contributed by atoms with E-state index in [4.69, 9.17) is 4.74 Å². The third-order valence-corrected chi connectivity index (χ3v) is 2.22. The summed E-state index contributed by atoms with van der Waals surface area (Å²) in [6.07, 6.45) is -0.274. The van der Waals surface area contributed by atoms with E-state index in [9.17, 15) is 13.2 Å². The fraction of sp³-hybridized carbons (Fsp3) is 1.00. The van der Waals surface area contributed by atoms with Gasteiger partial charge in [-0.05, 0) is 19.8 Å². The van der Waals surface area contributed by atoms with Crippen LogP contribution in [0.25, 0.3) is 0 Å². The highest BCUT2D eigenvalue weighted by molar-refractivity contribution is 4.53. The molecule has 0 aliphatic heterocycles. The van der Waals surface area contributed by atoms with Crippen LogP contribution in [0, 0.1) is 0 Å². The molecule has 0 aromatic heterocycles. The summed E-state index contributed by atoms with van der Waals surface area (Å²) in [6, 6.07) is 0. The Morgan fingerprint density at radius 3 is 2.33 bits per heavy atom. The second-order valence-electron chi connectivity index (χ2n) is 3.90. The van der Waals surface area contributed by atoms with Gasteiger partial charge in [0.1, 0.15) is 0 Å². The Labute approximate surface area is 90.0 Å². The van der Waals surface area contributed by atoms with Gasteiger partial charge in [0.25, 0.3) is 0 Å². The quantitative estimate of drug-likeness (QED) is 0.560. The first-order valence-electron chi connectivity index (χ1n) is 5.64. The highest BCUT2D eigenvalue weighted by Crippen LogP contribution is 2.21. The van der Waals surface area contributed by atoms with Crippen molar-refractivity contribution in [3.05, 3.63) is 0 Å². The van der Waals surface area contributed by atoms with E-state index in [0.29, 0.717) is 0 Å². The molecule has 0 aromatic carbocycles. The molecule has 0 aliphatic rings. The third kappa shape index (κ3) is 11.7. The molecule has 0 heterocycles. The molecule has 4 heteroatoms. The summed E-state index contributed by atoms with van der Waals surface area (Å²) in [4.78, 5) is 0. The zero-order valence-electron chi connectivity index (χ0n) is 9.57. The Morgan fingerprint density at radius 2 is 1.80 bits per heavy atom. The number of ether oxygens (including phenoxy) is 1. The second kappa shape index (κ2) is 7.97. The molecule has 0 bridgehead atoms. The van der Waals surface area contributed by atoms with Crippen molar-refractivity contribution < 1.29 is 17.9 Å². The molecule has 0 amide bonds. The molecule has 92 valence electrons. The summed E-state index contributed by atoms with van der Waals surface area (Å²) < 4.78 is 40.6.